The molecule has 18 heavy (non-hydrogen) atoms. The predicted molar refractivity (Wildman–Crippen MR) is 77.0 cm³/mol. The Morgan fingerprint density at radius 1 is 1.44 bits per heavy atom. The molecule has 0 unspecified atom stereocenters. The monoisotopic (exact) mass is 263 g/mol. The van der Waals surface area contributed by atoms with Gasteiger partial charge in [0.1, 0.15) is 5.82 Å². The van der Waals surface area contributed by atoms with E-state index in [1.54, 1.807) is 0 Å². The molecule has 2 heterocycles. The predicted octanol–water partition coefficient (Wildman–Crippen LogP) is 3.00. The van der Waals surface area contributed by atoms with Crippen LogP contribution in [0.5, 0.6) is 0 Å². The molecule has 3 nitrogen and oxygen atoms in total. The molecule has 0 saturated carbocycles. The van der Waals surface area contributed by atoms with E-state index in [0.717, 1.165) is 31.9 Å². The van der Waals surface area contributed by atoms with Gasteiger partial charge in [0.25, 0.3) is 0 Å². The molecule has 0 amide bonds. The molecule has 0 bridgehead atoms. The number of nitrogens with one attached hydrogen (secondary N) is 1. The summed E-state index contributed by atoms with van der Waals surface area (Å²) < 4.78 is 2.32. The summed E-state index contributed by atoms with van der Waals surface area (Å²) >= 11 is 1.83. The van der Waals surface area contributed by atoms with Crippen LogP contribution >= 0.6 is 11.3 Å². The van der Waals surface area contributed by atoms with Gasteiger partial charge in [0, 0.05) is 24.2 Å². The van der Waals surface area contributed by atoms with Crippen LogP contribution in [0.1, 0.15) is 29.7 Å². The van der Waals surface area contributed by atoms with E-state index in [1.165, 1.54) is 17.0 Å². The van der Waals surface area contributed by atoms with E-state index in [2.05, 4.69) is 46.2 Å². The Kier molecular flexibility index (Phi) is 4.96. The van der Waals surface area contributed by atoms with Crippen molar-refractivity contribution in [1.82, 2.24) is 14.9 Å². The standard InChI is InChI=1S/C14H21N3S/c1-3-7-15-10-13-11-16-12(2)17(13)8-6-14-5-4-9-18-14/h4-5,9,11,15H,3,6-8,10H2,1-2H3. The van der Waals surface area contributed by atoms with Crippen LogP contribution in [0.15, 0.2) is 23.7 Å². The van der Waals surface area contributed by atoms with E-state index in [-0.39, 0.29) is 0 Å². The lowest BCUT2D eigenvalue weighted by Gasteiger charge is -2.10. The zero-order valence-electron chi connectivity index (χ0n) is 11.1. The summed E-state index contributed by atoms with van der Waals surface area (Å²) in [5.41, 5.74) is 1.29. The van der Waals surface area contributed by atoms with Crippen LogP contribution in [0.4, 0.5) is 0 Å². The Morgan fingerprint density at radius 2 is 2.33 bits per heavy atom. The third kappa shape index (κ3) is 3.43. The van der Waals surface area contributed by atoms with Gasteiger partial charge in [0.05, 0.1) is 5.69 Å². The van der Waals surface area contributed by atoms with Crippen LogP contribution in [-0.2, 0) is 19.5 Å². The van der Waals surface area contributed by atoms with Crippen molar-refractivity contribution in [3.63, 3.8) is 0 Å². The van der Waals surface area contributed by atoms with Gasteiger partial charge in [0.2, 0.25) is 0 Å². The molecule has 0 radical (unpaired) electrons. The maximum atomic E-state index is 4.42. The van der Waals surface area contributed by atoms with Crippen molar-refractivity contribution < 1.29 is 0 Å². The molecule has 0 aromatic carbocycles. The number of hydrogen-bond donors (Lipinski definition) is 1. The van der Waals surface area contributed by atoms with Crippen LogP contribution in [0.2, 0.25) is 0 Å². The lowest BCUT2D eigenvalue weighted by molar-refractivity contribution is 0.596. The average molecular weight is 263 g/mol. The van der Waals surface area contributed by atoms with Crippen molar-refractivity contribution in [3.8, 4) is 0 Å². The van der Waals surface area contributed by atoms with E-state index < -0.39 is 0 Å². The minimum Gasteiger partial charge on any atom is -0.331 e. The van der Waals surface area contributed by atoms with Gasteiger partial charge in [-0.05, 0) is 37.8 Å². The Bertz CT molecular complexity index is 459. The SMILES string of the molecule is CCCNCc1cnc(C)n1CCc1cccs1. The van der Waals surface area contributed by atoms with Crippen LogP contribution in [0, 0.1) is 6.92 Å². The number of nitrogens with zero attached hydrogens (tertiary/aromatic N) is 2. The summed E-state index contributed by atoms with van der Waals surface area (Å²) in [5.74, 6) is 1.11. The van der Waals surface area contributed by atoms with Gasteiger partial charge in [-0.2, -0.15) is 0 Å². The van der Waals surface area contributed by atoms with Gasteiger partial charge in [-0.25, -0.2) is 4.98 Å². The van der Waals surface area contributed by atoms with Crippen molar-refractivity contribution >= 4 is 11.3 Å². The number of thiophene rings is 1. The van der Waals surface area contributed by atoms with E-state index in [4.69, 9.17) is 0 Å². The molecule has 0 aliphatic rings. The Morgan fingerprint density at radius 3 is 3.06 bits per heavy atom. The zero-order chi connectivity index (χ0) is 12.8. The first-order valence-corrected chi connectivity index (χ1v) is 7.43. The Labute approximate surface area is 113 Å². The second kappa shape index (κ2) is 6.71. The van der Waals surface area contributed by atoms with Gasteiger partial charge in [-0.15, -0.1) is 11.3 Å². The molecule has 0 fully saturated rings. The van der Waals surface area contributed by atoms with Gasteiger partial charge in [-0.3, -0.25) is 0 Å². The highest BCUT2D eigenvalue weighted by Gasteiger charge is 2.06. The maximum absolute atomic E-state index is 4.42. The second-order valence-electron chi connectivity index (χ2n) is 4.45. The van der Waals surface area contributed by atoms with E-state index in [9.17, 15) is 0 Å². The minimum absolute atomic E-state index is 0.916. The summed E-state index contributed by atoms with van der Waals surface area (Å²) in [4.78, 5) is 5.86. The molecular weight excluding hydrogens is 242 g/mol. The van der Waals surface area contributed by atoms with Crippen molar-refractivity contribution in [1.29, 1.82) is 0 Å². The van der Waals surface area contributed by atoms with E-state index in [0.29, 0.717) is 0 Å². The molecule has 0 aliphatic carbocycles. The smallest absolute Gasteiger partial charge is 0.105 e. The first kappa shape index (κ1) is 13.3. The minimum atomic E-state index is 0.916. The molecule has 0 spiro atoms. The first-order valence-electron chi connectivity index (χ1n) is 6.55. The fourth-order valence-electron chi connectivity index (χ4n) is 2.03. The summed E-state index contributed by atoms with van der Waals surface area (Å²) in [6, 6.07) is 4.32. The quantitative estimate of drug-likeness (QED) is 0.778. The Hall–Kier alpha value is -1.13. The van der Waals surface area contributed by atoms with Gasteiger partial charge in [-0.1, -0.05) is 13.0 Å². The molecule has 0 aliphatic heterocycles. The number of aryl methyl sites for hydroxylation is 2. The molecule has 2 aromatic rings. The number of aromatic nitrogens is 2. The molecule has 0 saturated heterocycles. The molecule has 4 heteroatoms. The van der Waals surface area contributed by atoms with Crippen LogP contribution in [0.25, 0.3) is 0 Å². The van der Waals surface area contributed by atoms with Gasteiger partial charge >= 0.3 is 0 Å². The number of imidazole rings is 1. The Balaban J connectivity index is 1.95. The van der Waals surface area contributed by atoms with E-state index in [1.807, 2.05) is 17.5 Å². The first-order chi connectivity index (χ1) is 8.81. The van der Waals surface area contributed by atoms with Crippen LogP contribution in [-0.4, -0.2) is 16.1 Å². The highest BCUT2D eigenvalue weighted by atomic mass is 32.1. The topological polar surface area (TPSA) is 29.9 Å². The molecule has 2 aromatic heterocycles. The second-order valence-corrected chi connectivity index (χ2v) is 5.49. The van der Waals surface area contributed by atoms with Crippen molar-refractivity contribution in [2.24, 2.45) is 0 Å². The molecule has 98 valence electrons. The summed E-state index contributed by atoms with van der Waals surface area (Å²) in [7, 11) is 0. The number of hydrogen-bond acceptors (Lipinski definition) is 3. The molecular formula is C14H21N3S. The summed E-state index contributed by atoms with van der Waals surface area (Å²) in [6.07, 6.45) is 4.25. The third-order valence-corrected chi connectivity index (χ3v) is 3.97. The van der Waals surface area contributed by atoms with Crippen molar-refractivity contribution in [3.05, 3.63) is 40.1 Å². The van der Waals surface area contributed by atoms with Gasteiger partial charge < -0.3 is 9.88 Å². The maximum Gasteiger partial charge on any atom is 0.105 e. The fourth-order valence-corrected chi connectivity index (χ4v) is 2.73. The highest BCUT2D eigenvalue weighted by Crippen LogP contribution is 2.12. The van der Waals surface area contributed by atoms with Crippen LogP contribution < -0.4 is 5.32 Å². The molecule has 1 N–H and O–H groups in total. The van der Waals surface area contributed by atoms with Gasteiger partial charge in [0.15, 0.2) is 0 Å². The van der Waals surface area contributed by atoms with E-state index >= 15 is 0 Å². The van der Waals surface area contributed by atoms with Crippen molar-refractivity contribution in [2.75, 3.05) is 6.54 Å². The molecule has 2 rings (SSSR count). The summed E-state index contributed by atoms with van der Waals surface area (Å²) in [5, 5.41) is 5.58. The lowest BCUT2D eigenvalue weighted by Crippen LogP contribution is -2.17. The van der Waals surface area contributed by atoms with Crippen LogP contribution in [0.3, 0.4) is 0 Å². The highest BCUT2D eigenvalue weighted by molar-refractivity contribution is 7.09. The molecule has 0 atom stereocenters. The van der Waals surface area contributed by atoms with Crippen molar-refractivity contribution in [2.45, 2.75) is 39.8 Å². The summed E-state index contributed by atoms with van der Waals surface area (Å²) in [6.45, 7) is 7.27. The largest absolute Gasteiger partial charge is 0.331 e. The lowest BCUT2D eigenvalue weighted by atomic mass is 10.3. The zero-order valence-corrected chi connectivity index (χ0v) is 12.0. The fraction of sp³-hybridized carbons (Fsp3) is 0.500. The third-order valence-electron chi connectivity index (χ3n) is 3.03. The number of rotatable bonds is 7. The average Bonchev–Trinajstić information content (AvgIpc) is 2.98. The normalized spacial score (nSPS) is 11.0.